The zero-order valence-corrected chi connectivity index (χ0v) is 10.4. The van der Waals surface area contributed by atoms with Crippen molar-refractivity contribution in [3.05, 3.63) is 15.6 Å². The molecule has 2 heterocycles. The number of hydrogen-bond acceptors (Lipinski definition) is 4. The van der Waals surface area contributed by atoms with E-state index in [2.05, 4.69) is 23.7 Å². The summed E-state index contributed by atoms with van der Waals surface area (Å²) in [5.74, 6) is -0.908. The van der Waals surface area contributed by atoms with Gasteiger partial charge >= 0.3 is 5.97 Å². The summed E-state index contributed by atoms with van der Waals surface area (Å²) in [6, 6.07) is 0.501. The van der Waals surface area contributed by atoms with Gasteiger partial charge in [-0.1, -0.05) is 0 Å². The lowest BCUT2D eigenvalue weighted by Gasteiger charge is -2.23. The van der Waals surface area contributed by atoms with Gasteiger partial charge in [-0.15, -0.1) is 11.3 Å². The van der Waals surface area contributed by atoms with Crippen LogP contribution in [-0.2, 0) is 13.0 Å². The van der Waals surface area contributed by atoms with Crippen LogP contribution in [-0.4, -0.2) is 33.5 Å². The Hall–Kier alpha value is -0.940. The van der Waals surface area contributed by atoms with E-state index in [0.29, 0.717) is 6.04 Å². The molecule has 2 rings (SSSR count). The van der Waals surface area contributed by atoms with Gasteiger partial charge < -0.3 is 5.11 Å². The first-order valence-corrected chi connectivity index (χ1v) is 6.35. The minimum Gasteiger partial charge on any atom is -0.476 e. The zero-order chi connectivity index (χ0) is 11.7. The second-order valence-electron chi connectivity index (χ2n) is 4.36. The molecule has 1 aliphatic heterocycles. The van der Waals surface area contributed by atoms with Crippen molar-refractivity contribution in [3.63, 3.8) is 0 Å². The molecule has 88 valence electrons. The van der Waals surface area contributed by atoms with Crippen LogP contribution in [0.5, 0.6) is 0 Å². The van der Waals surface area contributed by atoms with Crippen molar-refractivity contribution in [2.45, 2.75) is 39.3 Å². The minimum atomic E-state index is -0.908. The lowest BCUT2D eigenvalue weighted by molar-refractivity contribution is 0.0696. The molecule has 0 atom stereocenters. The van der Waals surface area contributed by atoms with Gasteiger partial charge in [0.1, 0.15) is 0 Å². The van der Waals surface area contributed by atoms with E-state index in [4.69, 9.17) is 5.11 Å². The highest BCUT2D eigenvalue weighted by atomic mass is 32.1. The van der Waals surface area contributed by atoms with Crippen molar-refractivity contribution in [2.24, 2.45) is 0 Å². The smallest absolute Gasteiger partial charge is 0.365 e. The van der Waals surface area contributed by atoms with Crippen molar-refractivity contribution in [1.29, 1.82) is 0 Å². The molecule has 5 heteroatoms. The van der Waals surface area contributed by atoms with Gasteiger partial charge in [0.2, 0.25) is 5.01 Å². The lowest BCUT2D eigenvalue weighted by atomic mass is 10.2. The third kappa shape index (κ3) is 2.25. The average molecular weight is 240 g/mol. The standard InChI is InChI=1S/C11H16N2O2S/c1-7(2)13-5-3-4-8-9(6-13)16-10(12-8)11(14)15/h7H,3-6H2,1-2H3,(H,14,15). The Bertz CT molecular complexity index is 401. The van der Waals surface area contributed by atoms with Gasteiger partial charge in [0, 0.05) is 17.5 Å². The van der Waals surface area contributed by atoms with Crippen LogP contribution in [0.1, 0.15) is 40.6 Å². The summed E-state index contributed by atoms with van der Waals surface area (Å²) in [6.07, 6.45) is 1.97. The summed E-state index contributed by atoms with van der Waals surface area (Å²) < 4.78 is 0. The van der Waals surface area contributed by atoms with E-state index in [9.17, 15) is 4.79 Å². The number of nitrogens with zero attached hydrogens (tertiary/aromatic N) is 2. The molecule has 0 aliphatic carbocycles. The second kappa shape index (κ2) is 4.51. The molecule has 0 unspecified atom stereocenters. The molecule has 0 radical (unpaired) electrons. The highest BCUT2D eigenvalue weighted by molar-refractivity contribution is 7.13. The number of aromatic carboxylic acids is 1. The summed E-state index contributed by atoms with van der Waals surface area (Å²) in [5.41, 5.74) is 0.991. The number of aromatic nitrogens is 1. The van der Waals surface area contributed by atoms with E-state index in [1.165, 1.54) is 11.3 Å². The van der Waals surface area contributed by atoms with Crippen LogP contribution in [0, 0.1) is 0 Å². The highest BCUT2D eigenvalue weighted by Gasteiger charge is 2.22. The number of carboxylic acids is 1. The Balaban J connectivity index is 2.25. The summed E-state index contributed by atoms with van der Waals surface area (Å²) >= 11 is 1.33. The van der Waals surface area contributed by atoms with Crippen LogP contribution in [0.4, 0.5) is 0 Å². The predicted octanol–water partition coefficient (Wildman–Crippen LogP) is 2.00. The van der Waals surface area contributed by atoms with E-state index in [-0.39, 0.29) is 5.01 Å². The van der Waals surface area contributed by atoms with Crippen LogP contribution >= 0.6 is 11.3 Å². The fourth-order valence-corrected chi connectivity index (χ4v) is 2.92. The van der Waals surface area contributed by atoms with Gasteiger partial charge in [-0.25, -0.2) is 9.78 Å². The molecule has 4 nitrogen and oxygen atoms in total. The molecule has 0 spiro atoms. The first-order valence-electron chi connectivity index (χ1n) is 5.54. The topological polar surface area (TPSA) is 53.4 Å². The molecule has 0 saturated heterocycles. The third-order valence-electron chi connectivity index (χ3n) is 2.90. The van der Waals surface area contributed by atoms with Crippen molar-refractivity contribution in [3.8, 4) is 0 Å². The Kier molecular flexibility index (Phi) is 3.25. The van der Waals surface area contributed by atoms with Crippen molar-refractivity contribution >= 4 is 17.3 Å². The average Bonchev–Trinajstić information content (AvgIpc) is 2.50. The normalized spacial score (nSPS) is 17.2. The van der Waals surface area contributed by atoms with Gasteiger partial charge in [-0.3, -0.25) is 4.90 Å². The molecule has 16 heavy (non-hydrogen) atoms. The Labute approximate surface area is 98.9 Å². The van der Waals surface area contributed by atoms with Gasteiger partial charge in [0.05, 0.1) is 5.69 Å². The van der Waals surface area contributed by atoms with Gasteiger partial charge in [0.25, 0.3) is 0 Å². The van der Waals surface area contributed by atoms with Crippen LogP contribution in [0.2, 0.25) is 0 Å². The van der Waals surface area contributed by atoms with E-state index in [1.807, 2.05) is 0 Å². The molecule has 1 aromatic rings. The van der Waals surface area contributed by atoms with Crippen LogP contribution in [0.3, 0.4) is 0 Å². The summed E-state index contributed by atoms with van der Waals surface area (Å²) in [4.78, 5) is 18.5. The zero-order valence-electron chi connectivity index (χ0n) is 9.56. The molecule has 1 aromatic heterocycles. The van der Waals surface area contributed by atoms with Gasteiger partial charge in [0.15, 0.2) is 0 Å². The second-order valence-corrected chi connectivity index (χ2v) is 5.45. The molecule has 0 bridgehead atoms. The minimum absolute atomic E-state index is 0.232. The van der Waals surface area contributed by atoms with E-state index >= 15 is 0 Å². The van der Waals surface area contributed by atoms with Gasteiger partial charge in [-0.05, 0) is 33.2 Å². The molecular weight excluding hydrogens is 224 g/mol. The molecule has 0 aromatic carbocycles. The largest absolute Gasteiger partial charge is 0.476 e. The molecule has 1 N–H and O–H groups in total. The van der Waals surface area contributed by atoms with E-state index in [1.54, 1.807) is 0 Å². The van der Waals surface area contributed by atoms with E-state index < -0.39 is 5.97 Å². The molecule has 0 amide bonds. The van der Waals surface area contributed by atoms with Crippen LogP contribution < -0.4 is 0 Å². The van der Waals surface area contributed by atoms with Crippen molar-refractivity contribution in [1.82, 2.24) is 9.88 Å². The summed E-state index contributed by atoms with van der Waals surface area (Å²) in [7, 11) is 0. The lowest BCUT2D eigenvalue weighted by Crippen LogP contribution is -2.30. The van der Waals surface area contributed by atoms with Crippen LogP contribution in [0.15, 0.2) is 0 Å². The first kappa shape index (κ1) is 11.5. The molecular formula is C11H16N2O2S. The quantitative estimate of drug-likeness (QED) is 0.859. The van der Waals surface area contributed by atoms with Crippen molar-refractivity contribution in [2.75, 3.05) is 6.54 Å². The monoisotopic (exact) mass is 240 g/mol. The molecule has 0 saturated carbocycles. The maximum Gasteiger partial charge on any atom is 0.365 e. The van der Waals surface area contributed by atoms with Crippen LogP contribution in [0.25, 0.3) is 0 Å². The third-order valence-corrected chi connectivity index (χ3v) is 3.97. The first-order chi connectivity index (χ1) is 7.58. The molecule has 1 aliphatic rings. The number of fused-ring (bicyclic) bond motifs is 1. The SMILES string of the molecule is CC(C)N1CCCc2nc(C(=O)O)sc2C1. The number of rotatable bonds is 2. The molecule has 0 fully saturated rings. The number of hydrogen-bond donors (Lipinski definition) is 1. The fraction of sp³-hybridized carbons (Fsp3) is 0.636. The highest BCUT2D eigenvalue weighted by Crippen LogP contribution is 2.25. The maximum atomic E-state index is 10.9. The Morgan fingerprint density at radius 1 is 1.56 bits per heavy atom. The number of aryl methyl sites for hydroxylation is 1. The van der Waals surface area contributed by atoms with Crippen molar-refractivity contribution < 1.29 is 9.90 Å². The summed E-state index contributed by atoms with van der Waals surface area (Å²) in [6.45, 7) is 6.26. The maximum absolute atomic E-state index is 10.9. The predicted molar refractivity (Wildman–Crippen MR) is 62.9 cm³/mol. The number of carbonyl (C=O) groups is 1. The Morgan fingerprint density at radius 3 is 2.94 bits per heavy atom. The number of carboxylic acid groups (broad SMARTS) is 1. The number of thiazole rings is 1. The fourth-order valence-electron chi connectivity index (χ4n) is 1.95. The Morgan fingerprint density at radius 2 is 2.31 bits per heavy atom. The summed E-state index contributed by atoms with van der Waals surface area (Å²) in [5, 5.41) is 9.15. The van der Waals surface area contributed by atoms with E-state index in [0.717, 1.165) is 36.5 Å². The van der Waals surface area contributed by atoms with Gasteiger partial charge in [-0.2, -0.15) is 0 Å².